The fraction of sp³-hybridized carbons (Fsp3) is 0.350. The number of carbonyl (C=O) groups is 1. The largest absolute Gasteiger partial charge is 0.325 e. The van der Waals surface area contributed by atoms with Gasteiger partial charge >= 0.3 is 0 Å². The van der Waals surface area contributed by atoms with Crippen LogP contribution in [-0.4, -0.2) is 28.8 Å². The molecule has 2 aromatic carbocycles. The quantitative estimate of drug-likeness (QED) is 0.609. The molecule has 1 saturated heterocycles. The van der Waals surface area contributed by atoms with Crippen molar-refractivity contribution in [2.45, 2.75) is 26.3 Å². The average molecular weight is 388 g/mol. The number of carbonyl (C=O) groups excluding carboxylic acids is 1. The molecule has 0 aliphatic carbocycles. The van der Waals surface area contributed by atoms with Crippen LogP contribution in [0.3, 0.4) is 0 Å². The number of hydrogen-bond donors (Lipinski definition) is 1. The molecular weight excluding hydrogens is 366 g/mol. The molecule has 142 valence electrons. The molecule has 1 aliphatic heterocycles. The molecule has 7 heteroatoms. The minimum Gasteiger partial charge on any atom is -0.325 e. The average Bonchev–Trinajstić information content (AvgIpc) is 2.65. The number of nitro groups is 1. The summed E-state index contributed by atoms with van der Waals surface area (Å²) in [7, 11) is 0. The first kappa shape index (κ1) is 19.3. The second-order valence-corrected chi connectivity index (χ2v) is 7.31. The predicted octanol–water partition coefficient (Wildman–Crippen LogP) is 4.41. The lowest BCUT2D eigenvalue weighted by Crippen LogP contribution is -2.37. The zero-order valence-electron chi connectivity index (χ0n) is 15.2. The van der Waals surface area contributed by atoms with Gasteiger partial charge in [-0.3, -0.25) is 19.8 Å². The zero-order valence-corrected chi connectivity index (χ0v) is 15.9. The molecule has 0 saturated carbocycles. The monoisotopic (exact) mass is 387 g/mol. The molecule has 0 radical (unpaired) electrons. The first-order chi connectivity index (χ1) is 12.9. The summed E-state index contributed by atoms with van der Waals surface area (Å²) < 4.78 is 0. The highest BCUT2D eigenvalue weighted by Crippen LogP contribution is 2.27. The van der Waals surface area contributed by atoms with Crippen LogP contribution in [0.4, 0.5) is 11.4 Å². The van der Waals surface area contributed by atoms with Crippen molar-refractivity contribution in [3.05, 3.63) is 68.7 Å². The number of amides is 1. The molecule has 0 spiro atoms. The summed E-state index contributed by atoms with van der Waals surface area (Å²) in [5, 5.41) is 14.6. The fourth-order valence-corrected chi connectivity index (χ4v) is 3.52. The number of nitro benzene ring substituents is 1. The Morgan fingerprint density at radius 3 is 2.52 bits per heavy atom. The third-order valence-corrected chi connectivity index (χ3v) is 5.29. The number of piperidine rings is 1. The van der Waals surface area contributed by atoms with Crippen LogP contribution in [0, 0.1) is 23.0 Å². The summed E-state index contributed by atoms with van der Waals surface area (Å²) in [6.07, 6.45) is 1.54. The molecule has 6 nitrogen and oxygen atoms in total. The summed E-state index contributed by atoms with van der Waals surface area (Å²) in [6.45, 7) is 4.18. The van der Waals surface area contributed by atoms with Gasteiger partial charge in [-0.25, -0.2) is 0 Å². The lowest BCUT2D eigenvalue weighted by molar-refractivity contribution is -0.385. The van der Waals surface area contributed by atoms with E-state index < -0.39 is 4.92 Å². The van der Waals surface area contributed by atoms with Gasteiger partial charge in [-0.2, -0.15) is 0 Å². The number of benzene rings is 2. The minimum absolute atomic E-state index is 0.0191. The van der Waals surface area contributed by atoms with Gasteiger partial charge in [0, 0.05) is 23.6 Å². The highest BCUT2D eigenvalue weighted by Gasteiger charge is 2.26. The number of halogens is 1. The van der Waals surface area contributed by atoms with Crippen LogP contribution in [-0.2, 0) is 11.3 Å². The molecule has 1 amide bonds. The van der Waals surface area contributed by atoms with E-state index in [1.807, 2.05) is 24.3 Å². The van der Waals surface area contributed by atoms with Crippen molar-refractivity contribution in [2.75, 3.05) is 18.4 Å². The number of nitrogens with one attached hydrogen (secondary N) is 1. The van der Waals surface area contributed by atoms with Crippen molar-refractivity contribution in [1.82, 2.24) is 4.90 Å². The number of nitrogens with zero attached hydrogens (tertiary/aromatic N) is 2. The van der Waals surface area contributed by atoms with Gasteiger partial charge in [-0.1, -0.05) is 29.8 Å². The van der Waals surface area contributed by atoms with Crippen LogP contribution in [0.25, 0.3) is 0 Å². The third kappa shape index (κ3) is 4.84. The summed E-state index contributed by atoms with van der Waals surface area (Å²) in [6, 6.07) is 12.6. The molecule has 3 rings (SSSR count). The predicted molar refractivity (Wildman–Crippen MR) is 106 cm³/mol. The van der Waals surface area contributed by atoms with Gasteiger partial charge in [-0.15, -0.1) is 0 Å². The van der Waals surface area contributed by atoms with Gasteiger partial charge in [0.2, 0.25) is 5.91 Å². The standard InChI is InChI=1S/C20H22ClN3O3/c1-14-18(3-2-4-19(14)24(26)27)22-20(25)16-9-11-23(12-10-16)13-15-5-7-17(21)8-6-15/h2-8,16H,9-13H2,1H3,(H,22,25). The number of anilines is 1. The van der Waals surface area contributed by atoms with Crippen molar-refractivity contribution in [2.24, 2.45) is 5.92 Å². The Bertz CT molecular complexity index is 831. The SMILES string of the molecule is Cc1c(NC(=O)C2CCN(Cc3ccc(Cl)cc3)CC2)cccc1[N+](=O)[O-]. The van der Waals surface area contributed by atoms with Crippen molar-refractivity contribution >= 4 is 28.9 Å². The van der Waals surface area contributed by atoms with Crippen molar-refractivity contribution < 1.29 is 9.72 Å². The van der Waals surface area contributed by atoms with Crippen LogP contribution in [0.1, 0.15) is 24.0 Å². The van der Waals surface area contributed by atoms with Crippen LogP contribution in [0.5, 0.6) is 0 Å². The Labute approximate surface area is 163 Å². The van der Waals surface area contributed by atoms with Gasteiger partial charge < -0.3 is 5.32 Å². The molecule has 0 atom stereocenters. The van der Waals surface area contributed by atoms with E-state index in [1.54, 1.807) is 19.1 Å². The highest BCUT2D eigenvalue weighted by atomic mass is 35.5. The molecule has 1 fully saturated rings. The zero-order chi connectivity index (χ0) is 19.4. The van der Waals surface area contributed by atoms with Gasteiger partial charge in [0.25, 0.3) is 5.69 Å². The van der Waals surface area contributed by atoms with E-state index in [0.717, 1.165) is 37.5 Å². The van der Waals surface area contributed by atoms with Crippen molar-refractivity contribution in [3.63, 3.8) is 0 Å². The molecule has 0 unspecified atom stereocenters. The van der Waals surface area contributed by atoms with Crippen LogP contribution in [0.2, 0.25) is 5.02 Å². The third-order valence-electron chi connectivity index (χ3n) is 5.04. The Morgan fingerprint density at radius 1 is 1.22 bits per heavy atom. The van der Waals surface area contributed by atoms with E-state index in [1.165, 1.54) is 11.6 Å². The van der Waals surface area contributed by atoms with E-state index in [-0.39, 0.29) is 17.5 Å². The number of hydrogen-bond acceptors (Lipinski definition) is 4. The second kappa shape index (κ2) is 8.50. The molecule has 2 aromatic rings. The maximum Gasteiger partial charge on any atom is 0.274 e. The summed E-state index contributed by atoms with van der Waals surface area (Å²) in [5.41, 5.74) is 2.22. The maximum atomic E-state index is 12.6. The van der Waals surface area contributed by atoms with Crippen LogP contribution >= 0.6 is 11.6 Å². The normalized spacial score (nSPS) is 15.5. The van der Waals surface area contributed by atoms with Gasteiger partial charge in [-0.05, 0) is 56.6 Å². The number of rotatable bonds is 5. The minimum atomic E-state index is -0.430. The Hall–Kier alpha value is -2.44. The van der Waals surface area contributed by atoms with E-state index in [0.29, 0.717) is 11.3 Å². The maximum absolute atomic E-state index is 12.6. The number of likely N-dealkylation sites (tertiary alicyclic amines) is 1. The Balaban J connectivity index is 1.55. The lowest BCUT2D eigenvalue weighted by atomic mass is 9.95. The Morgan fingerprint density at radius 2 is 1.89 bits per heavy atom. The molecule has 1 aliphatic rings. The fourth-order valence-electron chi connectivity index (χ4n) is 3.39. The first-order valence-electron chi connectivity index (χ1n) is 8.95. The molecule has 0 aromatic heterocycles. The molecule has 1 N–H and O–H groups in total. The molecule has 1 heterocycles. The topological polar surface area (TPSA) is 75.5 Å². The molecule has 27 heavy (non-hydrogen) atoms. The van der Waals surface area contributed by atoms with Gasteiger partial charge in [0.15, 0.2) is 0 Å². The smallest absolute Gasteiger partial charge is 0.274 e. The lowest BCUT2D eigenvalue weighted by Gasteiger charge is -2.31. The summed E-state index contributed by atoms with van der Waals surface area (Å²) >= 11 is 5.92. The van der Waals surface area contributed by atoms with Crippen molar-refractivity contribution in [1.29, 1.82) is 0 Å². The molecule has 0 bridgehead atoms. The van der Waals surface area contributed by atoms with Crippen LogP contribution in [0.15, 0.2) is 42.5 Å². The first-order valence-corrected chi connectivity index (χ1v) is 9.33. The highest BCUT2D eigenvalue weighted by molar-refractivity contribution is 6.30. The van der Waals surface area contributed by atoms with Crippen LogP contribution < -0.4 is 5.32 Å². The van der Waals surface area contributed by atoms with E-state index in [4.69, 9.17) is 11.6 Å². The summed E-state index contributed by atoms with van der Waals surface area (Å²) in [4.78, 5) is 25.5. The Kier molecular flexibility index (Phi) is 6.08. The van der Waals surface area contributed by atoms with Crippen molar-refractivity contribution in [3.8, 4) is 0 Å². The summed E-state index contributed by atoms with van der Waals surface area (Å²) in [5.74, 6) is -0.144. The van der Waals surface area contributed by atoms with E-state index >= 15 is 0 Å². The van der Waals surface area contributed by atoms with Gasteiger partial charge in [0.05, 0.1) is 16.2 Å². The second-order valence-electron chi connectivity index (χ2n) is 6.87. The van der Waals surface area contributed by atoms with E-state index in [2.05, 4.69) is 10.2 Å². The molecular formula is C20H22ClN3O3. The van der Waals surface area contributed by atoms with E-state index in [9.17, 15) is 14.9 Å². The van der Waals surface area contributed by atoms with Gasteiger partial charge in [0.1, 0.15) is 0 Å².